The van der Waals surface area contributed by atoms with E-state index >= 15 is 0 Å². The van der Waals surface area contributed by atoms with Crippen molar-refractivity contribution in [2.24, 2.45) is 0 Å². The van der Waals surface area contributed by atoms with Crippen molar-refractivity contribution in [2.45, 2.75) is 25.8 Å². The summed E-state index contributed by atoms with van der Waals surface area (Å²) >= 11 is 5.35. The zero-order valence-corrected chi connectivity index (χ0v) is 12.0. The van der Waals surface area contributed by atoms with Crippen molar-refractivity contribution in [1.29, 1.82) is 0 Å². The van der Waals surface area contributed by atoms with Gasteiger partial charge in [0.1, 0.15) is 0 Å². The summed E-state index contributed by atoms with van der Waals surface area (Å²) in [6.07, 6.45) is 5.57. The van der Waals surface area contributed by atoms with Crippen LogP contribution in [-0.4, -0.2) is 33.5 Å². The van der Waals surface area contributed by atoms with Crippen LogP contribution in [0.15, 0.2) is 24.5 Å². The van der Waals surface area contributed by atoms with Crippen molar-refractivity contribution >= 4 is 12.2 Å². The number of pyridine rings is 1. The van der Waals surface area contributed by atoms with E-state index in [1.54, 1.807) is 19.5 Å². The largest absolute Gasteiger partial charge is 0.383 e. The molecule has 1 unspecified atom stereocenters. The van der Waals surface area contributed by atoms with E-state index in [2.05, 4.69) is 22.1 Å². The lowest BCUT2D eigenvalue weighted by molar-refractivity contribution is 0.150. The summed E-state index contributed by atoms with van der Waals surface area (Å²) in [5.74, 6) is 0.836. The summed E-state index contributed by atoms with van der Waals surface area (Å²) < 4.78 is 7.97. The first-order valence-corrected chi connectivity index (χ1v) is 6.75. The normalized spacial score (nSPS) is 12.5. The molecule has 0 amide bonds. The summed E-state index contributed by atoms with van der Waals surface area (Å²) in [7, 11) is 1.71. The van der Waals surface area contributed by atoms with Gasteiger partial charge in [0.05, 0.1) is 12.6 Å². The van der Waals surface area contributed by atoms with Crippen molar-refractivity contribution in [3.63, 3.8) is 0 Å². The van der Waals surface area contributed by atoms with E-state index in [1.165, 1.54) is 0 Å². The van der Waals surface area contributed by atoms with Crippen molar-refractivity contribution < 1.29 is 4.74 Å². The highest BCUT2D eigenvalue weighted by Crippen LogP contribution is 2.23. The Kier molecular flexibility index (Phi) is 4.81. The van der Waals surface area contributed by atoms with Crippen LogP contribution in [0.4, 0.5) is 0 Å². The molecular weight excluding hydrogens is 260 g/mol. The Labute approximate surface area is 117 Å². The molecule has 19 heavy (non-hydrogen) atoms. The SMILES string of the molecule is CCCC(COC)n1c(-c2ccncc2)n[nH]c1=S. The Morgan fingerprint density at radius 2 is 2.16 bits per heavy atom. The lowest BCUT2D eigenvalue weighted by atomic mass is 10.1. The number of nitrogens with one attached hydrogen (secondary N) is 1. The van der Waals surface area contributed by atoms with Gasteiger partial charge >= 0.3 is 0 Å². The zero-order chi connectivity index (χ0) is 13.7. The minimum Gasteiger partial charge on any atom is -0.383 e. The van der Waals surface area contributed by atoms with E-state index < -0.39 is 0 Å². The second kappa shape index (κ2) is 6.58. The highest BCUT2D eigenvalue weighted by molar-refractivity contribution is 7.71. The van der Waals surface area contributed by atoms with Gasteiger partial charge in [0.2, 0.25) is 0 Å². The highest BCUT2D eigenvalue weighted by atomic mass is 32.1. The zero-order valence-electron chi connectivity index (χ0n) is 11.2. The first kappa shape index (κ1) is 13.9. The van der Waals surface area contributed by atoms with Gasteiger partial charge in [0.25, 0.3) is 0 Å². The van der Waals surface area contributed by atoms with Gasteiger partial charge in [0.15, 0.2) is 10.6 Å². The molecule has 2 rings (SSSR count). The van der Waals surface area contributed by atoms with Gasteiger partial charge in [-0.05, 0) is 30.8 Å². The van der Waals surface area contributed by atoms with Crippen LogP contribution in [0.2, 0.25) is 0 Å². The maximum atomic E-state index is 5.35. The lowest BCUT2D eigenvalue weighted by Crippen LogP contribution is -2.16. The number of H-pyrrole nitrogens is 1. The number of methoxy groups -OCH3 is 1. The number of ether oxygens (including phenoxy) is 1. The molecule has 5 nitrogen and oxygen atoms in total. The maximum Gasteiger partial charge on any atom is 0.195 e. The predicted octanol–water partition coefficient (Wildman–Crippen LogP) is 2.99. The first-order chi connectivity index (χ1) is 9.27. The van der Waals surface area contributed by atoms with Gasteiger partial charge in [-0.15, -0.1) is 0 Å². The van der Waals surface area contributed by atoms with Crippen molar-refractivity contribution in [3.8, 4) is 11.4 Å². The molecule has 0 aliphatic rings. The Hall–Kier alpha value is -1.53. The average molecular weight is 278 g/mol. The van der Waals surface area contributed by atoms with Gasteiger partial charge in [-0.25, -0.2) is 0 Å². The monoisotopic (exact) mass is 278 g/mol. The Morgan fingerprint density at radius 1 is 1.42 bits per heavy atom. The van der Waals surface area contributed by atoms with Crippen LogP contribution in [0.25, 0.3) is 11.4 Å². The molecule has 0 spiro atoms. The smallest absolute Gasteiger partial charge is 0.195 e. The fourth-order valence-corrected chi connectivity index (χ4v) is 2.44. The molecule has 0 bridgehead atoms. The Balaban J connectivity index is 2.44. The molecule has 0 aliphatic heterocycles. The number of aromatic amines is 1. The van der Waals surface area contributed by atoms with Crippen LogP contribution in [0.5, 0.6) is 0 Å². The number of hydrogen-bond donors (Lipinski definition) is 1. The van der Waals surface area contributed by atoms with Crippen molar-refractivity contribution in [1.82, 2.24) is 19.7 Å². The molecule has 0 radical (unpaired) electrons. The van der Waals surface area contributed by atoms with Crippen LogP contribution in [-0.2, 0) is 4.74 Å². The molecule has 1 N–H and O–H groups in total. The van der Waals surface area contributed by atoms with Gasteiger partial charge in [-0.1, -0.05) is 13.3 Å². The molecule has 0 aromatic carbocycles. The molecule has 0 fully saturated rings. The van der Waals surface area contributed by atoms with Crippen LogP contribution < -0.4 is 0 Å². The molecule has 1 atom stereocenters. The topological polar surface area (TPSA) is 55.7 Å². The number of rotatable bonds is 6. The summed E-state index contributed by atoms with van der Waals surface area (Å²) in [5.41, 5.74) is 1.000. The van der Waals surface area contributed by atoms with Gasteiger partial charge < -0.3 is 4.74 Å². The summed E-state index contributed by atoms with van der Waals surface area (Å²) in [6, 6.07) is 4.05. The third-order valence-electron chi connectivity index (χ3n) is 2.99. The summed E-state index contributed by atoms with van der Waals surface area (Å²) in [6.45, 7) is 2.78. The fraction of sp³-hybridized carbons (Fsp3) is 0.462. The number of hydrogen-bond acceptors (Lipinski definition) is 4. The summed E-state index contributed by atoms with van der Waals surface area (Å²) in [4.78, 5) is 4.03. The van der Waals surface area contributed by atoms with Crippen molar-refractivity contribution in [3.05, 3.63) is 29.3 Å². The van der Waals surface area contributed by atoms with Gasteiger partial charge in [-0.2, -0.15) is 5.10 Å². The van der Waals surface area contributed by atoms with E-state index in [1.807, 2.05) is 16.7 Å². The Bertz CT molecular complexity index is 558. The molecule has 102 valence electrons. The number of aromatic nitrogens is 4. The minimum absolute atomic E-state index is 0.199. The van der Waals surface area contributed by atoms with Crippen LogP contribution in [0.3, 0.4) is 0 Å². The molecule has 2 aromatic heterocycles. The summed E-state index contributed by atoms with van der Waals surface area (Å²) in [5, 5.41) is 7.21. The van der Waals surface area contributed by atoms with Crippen LogP contribution in [0.1, 0.15) is 25.8 Å². The van der Waals surface area contributed by atoms with Crippen LogP contribution >= 0.6 is 12.2 Å². The van der Waals surface area contributed by atoms with E-state index in [0.29, 0.717) is 11.4 Å². The predicted molar refractivity (Wildman–Crippen MR) is 76.5 cm³/mol. The fourth-order valence-electron chi connectivity index (χ4n) is 2.16. The number of nitrogens with zero attached hydrogens (tertiary/aromatic N) is 3. The van der Waals surface area contributed by atoms with E-state index in [0.717, 1.165) is 24.2 Å². The second-order valence-electron chi connectivity index (χ2n) is 4.36. The average Bonchev–Trinajstić information content (AvgIpc) is 2.81. The molecule has 6 heteroatoms. The minimum atomic E-state index is 0.199. The molecule has 0 saturated carbocycles. The maximum absolute atomic E-state index is 5.35. The van der Waals surface area contributed by atoms with Gasteiger partial charge in [-0.3, -0.25) is 14.6 Å². The van der Waals surface area contributed by atoms with Crippen LogP contribution in [0, 0.1) is 4.77 Å². The molecule has 2 heterocycles. The van der Waals surface area contributed by atoms with E-state index in [-0.39, 0.29) is 6.04 Å². The molecule has 2 aromatic rings. The molecule has 0 saturated heterocycles. The Morgan fingerprint density at radius 3 is 2.79 bits per heavy atom. The molecule has 0 aliphatic carbocycles. The van der Waals surface area contributed by atoms with E-state index in [9.17, 15) is 0 Å². The second-order valence-corrected chi connectivity index (χ2v) is 4.74. The third-order valence-corrected chi connectivity index (χ3v) is 3.28. The first-order valence-electron chi connectivity index (χ1n) is 6.34. The quantitative estimate of drug-likeness (QED) is 0.825. The van der Waals surface area contributed by atoms with Crippen molar-refractivity contribution in [2.75, 3.05) is 13.7 Å². The third kappa shape index (κ3) is 3.08. The molecular formula is C13H18N4OS. The lowest BCUT2D eigenvalue weighted by Gasteiger charge is -2.18. The standard InChI is InChI=1S/C13H18N4OS/c1-3-4-11(9-18-2)17-12(15-16-13(17)19)10-5-7-14-8-6-10/h5-8,11H,3-4,9H2,1-2H3,(H,16,19). The van der Waals surface area contributed by atoms with Gasteiger partial charge in [0, 0.05) is 25.1 Å². The van der Waals surface area contributed by atoms with E-state index in [4.69, 9.17) is 17.0 Å². The highest BCUT2D eigenvalue weighted by Gasteiger charge is 2.17.